The number of aromatic nitrogens is 2. The quantitative estimate of drug-likeness (QED) is 0.315. The van der Waals surface area contributed by atoms with Gasteiger partial charge in [-0.05, 0) is 70.1 Å². The fourth-order valence-corrected chi connectivity index (χ4v) is 4.54. The number of amides is 1. The normalized spacial score (nSPS) is 10.7. The van der Waals surface area contributed by atoms with Crippen molar-refractivity contribution in [2.45, 2.75) is 6.54 Å². The fourth-order valence-electron chi connectivity index (χ4n) is 2.99. The van der Waals surface area contributed by atoms with Crippen LogP contribution >= 0.6 is 44.1 Å². The molecule has 1 amide bonds. The Morgan fingerprint density at radius 2 is 1.97 bits per heavy atom. The predicted octanol–water partition coefficient (Wildman–Crippen LogP) is 5.23. The number of nitrogens with zero attached hydrogens (tertiary/aromatic N) is 2. The van der Waals surface area contributed by atoms with E-state index < -0.39 is 0 Å². The summed E-state index contributed by atoms with van der Waals surface area (Å²) in [5.41, 5.74) is 3.39. The number of rotatable bonds is 5. The summed E-state index contributed by atoms with van der Waals surface area (Å²) in [6.07, 6.45) is 1.68. The molecule has 2 aromatic heterocycles. The number of methoxy groups -OCH3 is 1. The summed E-state index contributed by atoms with van der Waals surface area (Å²) in [5.74, 6) is 0.565. The highest BCUT2D eigenvalue weighted by Gasteiger charge is 2.17. The minimum absolute atomic E-state index is 0.210. The van der Waals surface area contributed by atoms with E-state index in [1.165, 1.54) is 7.11 Å². The third kappa shape index (κ3) is 4.98. The van der Waals surface area contributed by atoms with Crippen LogP contribution in [0.3, 0.4) is 0 Å². The van der Waals surface area contributed by atoms with Crippen LogP contribution in [0.5, 0.6) is 5.75 Å². The van der Waals surface area contributed by atoms with Gasteiger partial charge < -0.3 is 14.5 Å². The van der Waals surface area contributed by atoms with Gasteiger partial charge in [0, 0.05) is 22.8 Å². The van der Waals surface area contributed by atoms with E-state index in [9.17, 15) is 4.79 Å². The monoisotopic (exact) mass is 574 g/mol. The number of oxazole rings is 1. The highest BCUT2D eigenvalue weighted by Crippen LogP contribution is 2.32. The SMILES string of the molecule is COc1c(Br)cc(Br)cc1C(=O)NC(=S)NCc1ccc(-c2nc3ncccc3o2)cc1. The van der Waals surface area contributed by atoms with E-state index in [1.54, 1.807) is 24.4 Å². The average Bonchev–Trinajstić information content (AvgIpc) is 3.22. The molecule has 32 heavy (non-hydrogen) atoms. The number of pyridine rings is 1. The van der Waals surface area contributed by atoms with Crippen molar-refractivity contribution >= 4 is 66.3 Å². The number of carbonyl (C=O) groups is 1. The summed E-state index contributed by atoms with van der Waals surface area (Å²) in [5, 5.41) is 5.92. The molecule has 10 heteroatoms. The first-order valence-corrected chi connectivity index (χ1v) is 11.4. The van der Waals surface area contributed by atoms with E-state index in [-0.39, 0.29) is 11.0 Å². The maximum atomic E-state index is 12.6. The Morgan fingerprint density at radius 3 is 2.69 bits per heavy atom. The van der Waals surface area contributed by atoms with Crippen molar-refractivity contribution < 1.29 is 13.9 Å². The number of hydrogen-bond donors (Lipinski definition) is 2. The highest BCUT2D eigenvalue weighted by atomic mass is 79.9. The van der Waals surface area contributed by atoms with Crippen LogP contribution in [0.15, 0.2) is 68.1 Å². The summed E-state index contributed by atoms with van der Waals surface area (Å²) >= 11 is 12.0. The number of nitrogens with one attached hydrogen (secondary N) is 2. The minimum Gasteiger partial charge on any atom is -0.495 e. The third-order valence-electron chi connectivity index (χ3n) is 4.50. The molecule has 7 nitrogen and oxygen atoms in total. The summed E-state index contributed by atoms with van der Waals surface area (Å²) < 4.78 is 12.5. The summed E-state index contributed by atoms with van der Waals surface area (Å²) in [6.45, 7) is 0.438. The number of thiocarbonyl (C=S) groups is 1. The largest absolute Gasteiger partial charge is 0.495 e. The van der Waals surface area contributed by atoms with Crippen LogP contribution in [0.4, 0.5) is 0 Å². The van der Waals surface area contributed by atoms with E-state index in [0.29, 0.717) is 39.5 Å². The van der Waals surface area contributed by atoms with Crippen molar-refractivity contribution in [2.24, 2.45) is 0 Å². The maximum absolute atomic E-state index is 12.6. The zero-order chi connectivity index (χ0) is 22.7. The van der Waals surface area contributed by atoms with Crippen LogP contribution < -0.4 is 15.4 Å². The predicted molar refractivity (Wildman–Crippen MR) is 133 cm³/mol. The average molecular weight is 576 g/mol. The van der Waals surface area contributed by atoms with Gasteiger partial charge >= 0.3 is 0 Å². The zero-order valence-electron chi connectivity index (χ0n) is 16.7. The van der Waals surface area contributed by atoms with Crippen LogP contribution in [0.25, 0.3) is 22.7 Å². The van der Waals surface area contributed by atoms with Gasteiger partial charge in [0.25, 0.3) is 5.91 Å². The molecule has 0 aliphatic carbocycles. The van der Waals surface area contributed by atoms with E-state index in [2.05, 4.69) is 52.5 Å². The molecule has 0 atom stereocenters. The Balaban J connectivity index is 1.37. The van der Waals surface area contributed by atoms with E-state index in [4.69, 9.17) is 21.4 Å². The lowest BCUT2D eigenvalue weighted by atomic mass is 10.1. The Bertz CT molecular complexity index is 1280. The number of fused-ring (bicyclic) bond motifs is 1. The van der Waals surface area contributed by atoms with Crippen molar-refractivity contribution in [3.8, 4) is 17.2 Å². The standard InChI is InChI=1S/C22H16Br2N4O3S/c1-30-18-15(9-14(23)10-16(18)24)20(29)28-22(32)26-11-12-4-6-13(7-5-12)21-27-19-17(31-21)3-2-8-25-19/h2-10H,11H2,1H3,(H2,26,28,29,32). The molecule has 0 aliphatic rings. The molecule has 2 aromatic carbocycles. The molecule has 162 valence electrons. The smallest absolute Gasteiger partial charge is 0.261 e. The van der Waals surface area contributed by atoms with Gasteiger partial charge in [-0.2, -0.15) is 4.98 Å². The second kappa shape index (κ2) is 9.76. The van der Waals surface area contributed by atoms with Gasteiger partial charge in [-0.25, -0.2) is 4.98 Å². The minimum atomic E-state index is -0.374. The molecule has 4 rings (SSSR count). The molecular weight excluding hydrogens is 560 g/mol. The van der Waals surface area contributed by atoms with E-state index in [0.717, 1.165) is 15.6 Å². The molecule has 0 radical (unpaired) electrons. The van der Waals surface area contributed by atoms with Gasteiger partial charge in [0.1, 0.15) is 5.75 Å². The number of hydrogen-bond acceptors (Lipinski definition) is 6. The number of benzene rings is 2. The lowest BCUT2D eigenvalue weighted by molar-refractivity contribution is 0.0973. The molecule has 0 unspecified atom stereocenters. The summed E-state index contributed by atoms with van der Waals surface area (Å²) in [4.78, 5) is 21.2. The lowest BCUT2D eigenvalue weighted by Crippen LogP contribution is -2.39. The van der Waals surface area contributed by atoms with Gasteiger partial charge in [-0.3, -0.25) is 10.1 Å². The first-order chi connectivity index (χ1) is 15.4. The van der Waals surface area contributed by atoms with E-state index in [1.807, 2.05) is 30.3 Å². The zero-order valence-corrected chi connectivity index (χ0v) is 20.7. The van der Waals surface area contributed by atoms with Crippen molar-refractivity contribution in [2.75, 3.05) is 7.11 Å². The van der Waals surface area contributed by atoms with Gasteiger partial charge in [0.2, 0.25) is 5.89 Å². The molecular formula is C22H16Br2N4O3S. The van der Waals surface area contributed by atoms with Crippen molar-refractivity contribution in [1.82, 2.24) is 20.6 Å². The lowest BCUT2D eigenvalue weighted by Gasteiger charge is -2.13. The first-order valence-electron chi connectivity index (χ1n) is 9.37. The van der Waals surface area contributed by atoms with Crippen LogP contribution in [-0.2, 0) is 6.54 Å². The second-order valence-electron chi connectivity index (χ2n) is 6.65. The van der Waals surface area contributed by atoms with Crippen LogP contribution in [-0.4, -0.2) is 28.1 Å². The summed E-state index contributed by atoms with van der Waals surface area (Å²) in [6, 6.07) is 14.8. The van der Waals surface area contributed by atoms with Crippen LogP contribution in [0.1, 0.15) is 15.9 Å². The van der Waals surface area contributed by atoms with Gasteiger partial charge in [-0.1, -0.05) is 28.1 Å². The third-order valence-corrected chi connectivity index (χ3v) is 5.80. The summed E-state index contributed by atoms with van der Waals surface area (Å²) in [7, 11) is 1.50. The molecule has 4 aromatic rings. The highest BCUT2D eigenvalue weighted by molar-refractivity contribution is 9.11. The van der Waals surface area contributed by atoms with Gasteiger partial charge in [-0.15, -0.1) is 0 Å². The topological polar surface area (TPSA) is 89.3 Å². The molecule has 0 spiro atoms. The number of halogens is 2. The van der Waals surface area contributed by atoms with Crippen molar-refractivity contribution in [3.05, 3.63) is 74.8 Å². The Hall–Kier alpha value is -2.82. The molecule has 0 bridgehead atoms. The van der Waals surface area contributed by atoms with Crippen molar-refractivity contribution in [1.29, 1.82) is 0 Å². The molecule has 2 heterocycles. The van der Waals surface area contributed by atoms with Crippen molar-refractivity contribution in [3.63, 3.8) is 0 Å². The van der Waals surface area contributed by atoms with Gasteiger partial charge in [0.15, 0.2) is 16.3 Å². The number of carbonyl (C=O) groups excluding carboxylic acids is 1. The Kier molecular flexibility index (Phi) is 6.83. The van der Waals surface area contributed by atoms with Gasteiger partial charge in [0.05, 0.1) is 17.1 Å². The molecule has 0 saturated heterocycles. The second-order valence-corrected chi connectivity index (χ2v) is 8.82. The first kappa shape index (κ1) is 22.4. The maximum Gasteiger partial charge on any atom is 0.261 e. The molecule has 0 aliphatic heterocycles. The number of ether oxygens (including phenoxy) is 1. The Morgan fingerprint density at radius 1 is 1.19 bits per heavy atom. The molecule has 2 N–H and O–H groups in total. The van der Waals surface area contributed by atoms with E-state index >= 15 is 0 Å². The van der Waals surface area contributed by atoms with Crippen LogP contribution in [0.2, 0.25) is 0 Å². The fraction of sp³-hybridized carbons (Fsp3) is 0.0909. The van der Waals surface area contributed by atoms with Crippen LogP contribution in [0, 0.1) is 0 Å². The molecule has 0 saturated carbocycles. The Labute approximate surface area is 205 Å². The molecule has 0 fully saturated rings.